The topological polar surface area (TPSA) is 64.3 Å². The van der Waals surface area contributed by atoms with Crippen molar-refractivity contribution in [3.63, 3.8) is 0 Å². The molecule has 1 aromatic heterocycles. The van der Waals surface area contributed by atoms with E-state index < -0.39 is 24.9 Å². The zero-order valence-corrected chi connectivity index (χ0v) is 11.6. The lowest BCUT2D eigenvalue weighted by Crippen LogP contribution is -2.41. The number of amides is 1. The predicted octanol–water partition coefficient (Wildman–Crippen LogP) is 1.81. The highest BCUT2D eigenvalue weighted by atomic mass is 35.5. The van der Waals surface area contributed by atoms with Crippen LogP contribution in [0.1, 0.15) is 14.5 Å². The third-order valence-electron chi connectivity index (χ3n) is 2.05. The molecular formula is C10H15ClF2N2O2S. The number of rotatable bonds is 5. The maximum atomic E-state index is 12.8. The summed E-state index contributed by atoms with van der Waals surface area (Å²) in [5, 5.41) is 2.14. The number of nitrogens with one attached hydrogen (secondary N) is 1. The first-order valence-corrected chi connectivity index (χ1v) is 5.72. The van der Waals surface area contributed by atoms with Gasteiger partial charge >= 0.3 is 0 Å². The molecule has 0 atom stereocenters. The van der Waals surface area contributed by atoms with Gasteiger partial charge in [0.25, 0.3) is 11.8 Å². The lowest BCUT2D eigenvalue weighted by atomic mass is 10.3. The maximum Gasteiger partial charge on any atom is 0.277 e. The number of halogens is 3. The number of hydrogen-bond donors (Lipinski definition) is 2. The normalized spacial score (nSPS) is 10.7. The van der Waals surface area contributed by atoms with Gasteiger partial charge in [0.1, 0.15) is 10.6 Å². The van der Waals surface area contributed by atoms with E-state index in [9.17, 15) is 13.6 Å². The average Bonchev–Trinajstić information content (AvgIpc) is 2.67. The number of ether oxygens (including phenoxy) is 1. The van der Waals surface area contributed by atoms with Crippen molar-refractivity contribution in [2.75, 3.05) is 20.2 Å². The molecule has 0 aliphatic carbocycles. The van der Waals surface area contributed by atoms with Crippen molar-refractivity contribution in [1.29, 1.82) is 0 Å². The number of nitrogens with two attached hydrogens (primary N) is 1. The van der Waals surface area contributed by atoms with Crippen molar-refractivity contribution in [3.05, 3.63) is 15.8 Å². The van der Waals surface area contributed by atoms with Gasteiger partial charge in [0.2, 0.25) is 0 Å². The average molecular weight is 301 g/mol. The summed E-state index contributed by atoms with van der Waals surface area (Å²) in [6.07, 6.45) is 0. The molecule has 3 N–H and O–H groups in total. The minimum absolute atomic E-state index is 0. The summed E-state index contributed by atoms with van der Waals surface area (Å²) in [4.78, 5) is 12.8. The Bertz CT molecular complexity index is 413. The first-order chi connectivity index (χ1) is 7.89. The summed E-state index contributed by atoms with van der Waals surface area (Å²) >= 11 is 1.19. The number of aryl methyl sites for hydroxylation is 1. The minimum atomic E-state index is -3.09. The Balaban J connectivity index is 0.00000289. The molecule has 8 heteroatoms. The Labute approximate surface area is 114 Å². The Morgan fingerprint density at radius 3 is 2.72 bits per heavy atom. The predicted molar refractivity (Wildman–Crippen MR) is 69.2 cm³/mol. The van der Waals surface area contributed by atoms with Crippen LogP contribution in [0.4, 0.5) is 8.78 Å². The summed E-state index contributed by atoms with van der Waals surface area (Å²) in [5.41, 5.74) is 4.87. The van der Waals surface area contributed by atoms with E-state index in [1.165, 1.54) is 18.4 Å². The zero-order chi connectivity index (χ0) is 13.1. The number of methoxy groups -OCH3 is 1. The fourth-order valence-corrected chi connectivity index (χ4v) is 2.06. The van der Waals surface area contributed by atoms with Crippen LogP contribution in [0.25, 0.3) is 0 Å². The third kappa shape index (κ3) is 4.40. The molecule has 1 aromatic rings. The van der Waals surface area contributed by atoms with Crippen molar-refractivity contribution in [3.8, 4) is 5.75 Å². The number of alkyl halides is 2. The molecule has 0 radical (unpaired) electrons. The van der Waals surface area contributed by atoms with Crippen molar-refractivity contribution in [1.82, 2.24) is 5.32 Å². The highest BCUT2D eigenvalue weighted by molar-refractivity contribution is 7.14. The lowest BCUT2D eigenvalue weighted by molar-refractivity contribution is 0.0119. The van der Waals surface area contributed by atoms with E-state index in [0.717, 1.165) is 4.88 Å². The van der Waals surface area contributed by atoms with Gasteiger partial charge in [-0.1, -0.05) is 0 Å². The van der Waals surface area contributed by atoms with Crippen LogP contribution in [0.5, 0.6) is 5.75 Å². The molecule has 1 rings (SSSR count). The largest absolute Gasteiger partial charge is 0.495 e. The Morgan fingerprint density at radius 2 is 2.22 bits per heavy atom. The van der Waals surface area contributed by atoms with Crippen molar-refractivity contribution in [2.24, 2.45) is 5.73 Å². The Kier molecular flexibility index (Phi) is 6.51. The monoisotopic (exact) mass is 300 g/mol. The molecule has 0 saturated carbocycles. The van der Waals surface area contributed by atoms with Gasteiger partial charge in [-0.25, -0.2) is 8.78 Å². The first-order valence-electron chi connectivity index (χ1n) is 4.90. The molecule has 0 bridgehead atoms. The van der Waals surface area contributed by atoms with Crippen LogP contribution < -0.4 is 15.8 Å². The van der Waals surface area contributed by atoms with E-state index in [4.69, 9.17) is 10.5 Å². The highest BCUT2D eigenvalue weighted by Crippen LogP contribution is 2.28. The summed E-state index contributed by atoms with van der Waals surface area (Å²) < 4.78 is 30.7. The molecule has 0 aliphatic rings. The Morgan fingerprint density at radius 1 is 1.61 bits per heavy atom. The molecule has 1 amide bonds. The van der Waals surface area contributed by atoms with Crippen LogP contribution >= 0.6 is 23.7 Å². The standard InChI is InChI=1S/C10H14F2N2O2S.ClH/c1-6-3-7(16-2)8(17-6)9(15)14-5-10(11,12)4-13;/h3H,4-5,13H2,1-2H3,(H,14,15);1H. The van der Waals surface area contributed by atoms with Crippen molar-refractivity contribution in [2.45, 2.75) is 12.8 Å². The van der Waals surface area contributed by atoms with E-state index in [1.54, 1.807) is 13.0 Å². The van der Waals surface area contributed by atoms with Crippen LogP contribution in [0.15, 0.2) is 6.07 Å². The molecular weight excluding hydrogens is 286 g/mol. The van der Waals surface area contributed by atoms with Gasteiger partial charge in [-0.15, -0.1) is 23.7 Å². The van der Waals surface area contributed by atoms with Crippen LogP contribution in [-0.2, 0) is 0 Å². The molecule has 0 spiro atoms. The number of hydrogen-bond acceptors (Lipinski definition) is 4. The molecule has 104 valence electrons. The molecule has 1 heterocycles. The molecule has 4 nitrogen and oxygen atoms in total. The van der Waals surface area contributed by atoms with Crippen molar-refractivity contribution >= 4 is 29.7 Å². The van der Waals surface area contributed by atoms with E-state index >= 15 is 0 Å². The fraction of sp³-hybridized carbons (Fsp3) is 0.500. The van der Waals surface area contributed by atoms with Crippen LogP contribution in [0, 0.1) is 6.92 Å². The SMILES string of the molecule is COc1cc(C)sc1C(=O)NCC(F)(F)CN.Cl. The van der Waals surface area contributed by atoms with E-state index in [0.29, 0.717) is 5.75 Å². The molecule has 0 aromatic carbocycles. The first kappa shape index (κ1) is 17.1. The van der Waals surface area contributed by atoms with E-state index in [-0.39, 0.29) is 17.3 Å². The van der Waals surface area contributed by atoms with Gasteiger partial charge in [-0.2, -0.15) is 0 Å². The number of carbonyl (C=O) groups excluding carboxylic acids is 1. The van der Waals surface area contributed by atoms with Crippen LogP contribution in [-0.4, -0.2) is 32.0 Å². The zero-order valence-electron chi connectivity index (χ0n) is 9.96. The maximum absolute atomic E-state index is 12.8. The van der Waals surface area contributed by atoms with Gasteiger partial charge in [0.15, 0.2) is 0 Å². The van der Waals surface area contributed by atoms with Gasteiger partial charge < -0.3 is 15.8 Å². The highest BCUT2D eigenvalue weighted by Gasteiger charge is 2.28. The molecule has 0 fully saturated rings. The molecule has 0 saturated heterocycles. The second-order valence-corrected chi connectivity index (χ2v) is 4.75. The van der Waals surface area contributed by atoms with E-state index in [1.807, 2.05) is 0 Å². The van der Waals surface area contributed by atoms with E-state index in [2.05, 4.69) is 5.32 Å². The third-order valence-corrected chi connectivity index (χ3v) is 3.08. The second kappa shape index (κ2) is 6.86. The molecule has 0 unspecified atom stereocenters. The number of carbonyl (C=O) groups is 1. The fourth-order valence-electron chi connectivity index (χ4n) is 1.16. The molecule has 18 heavy (non-hydrogen) atoms. The summed E-state index contributed by atoms with van der Waals surface area (Å²) in [6.45, 7) is 0.231. The summed E-state index contributed by atoms with van der Waals surface area (Å²) in [6, 6.07) is 1.68. The molecule has 0 aliphatic heterocycles. The minimum Gasteiger partial charge on any atom is -0.495 e. The smallest absolute Gasteiger partial charge is 0.277 e. The Hall–Kier alpha value is -0.920. The lowest BCUT2D eigenvalue weighted by Gasteiger charge is -2.14. The van der Waals surface area contributed by atoms with Crippen LogP contribution in [0.2, 0.25) is 0 Å². The van der Waals surface area contributed by atoms with Gasteiger partial charge in [0.05, 0.1) is 20.2 Å². The number of thiophene rings is 1. The second-order valence-electron chi connectivity index (χ2n) is 3.50. The quantitative estimate of drug-likeness (QED) is 0.872. The van der Waals surface area contributed by atoms with Gasteiger partial charge in [-0.3, -0.25) is 4.79 Å². The summed E-state index contributed by atoms with van der Waals surface area (Å²) in [5.74, 6) is -3.27. The van der Waals surface area contributed by atoms with Gasteiger partial charge in [0, 0.05) is 4.88 Å². The van der Waals surface area contributed by atoms with Crippen molar-refractivity contribution < 1.29 is 18.3 Å². The van der Waals surface area contributed by atoms with Gasteiger partial charge in [-0.05, 0) is 13.0 Å². The summed E-state index contributed by atoms with van der Waals surface area (Å²) in [7, 11) is 1.42. The van der Waals surface area contributed by atoms with Crippen LogP contribution in [0.3, 0.4) is 0 Å².